The smallest absolute Gasteiger partial charge is 0.335 e. The Bertz CT molecular complexity index is 403. The average Bonchev–Trinajstić information content (AvgIpc) is 2.57. The maximum atomic E-state index is 10.7. The number of ether oxygens (including phenoxy) is 2. The van der Waals surface area contributed by atoms with Gasteiger partial charge in [-0.2, -0.15) is 0 Å². The van der Waals surface area contributed by atoms with E-state index in [-0.39, 0.29) is 0 Å². The summed E-state index contributed by atoms with van der Waals surface area (Å²) in [4.78, 5) is 10.7. The fourth-order valence-electron chi connectivity index (χ4n) is 2.16. The van der Waals surface area contributed by atoms with Gasteiger partial charge in [0.05, 0.1) is 13.2 Å². The fraction of sp³-hybridized carbons (Fsp3) is 0.917. The highest BCUT2D eigenvalue weighted by molar-refractivity contribution is 5.72. The fourth-order valence-corrected chi connectivity index (χ4v) is 2.16. The van der Waals surface area contributed by atoms with Crippen molar-refractivity contribution in [3.05, 3.63) is 0 Å². The molecule has 0 aromatic rings. The summed E-state index contributed by atoms with van der Waals surface area (Å²) in [6.45, 7) is -1.76. The lowest BCUT2D eigenvalue weighted by Gasteiger charge is -2.42. The average molecular weight is 358 g/mol. The lowest BCUT2D eigenvalue weighted by Crippen LogP contribution is -2.61. The summed E-state index contributed by atoms with van der Waals surface area (Å²) in [6.07, 6.45) is -16.9. The van der Waals surface area contributed by atoms with Crippen molar-refractivity contribution in [3.63, 3.8) is 0 Å². The third kappa shape index (κ3) is 4.58. The molecule has 0 amide bonds. The second-order valence-corrected chi connectivity index (χ2v) is 5.32. The molecule has 1 aliphatic rings. The van der Waals surface area contributed by atoms with Gasteiger partial charge in [-0.25, -0.2) is 4.79 Å². The summed E-state index contributed by atoms with van der Waals surface area (Å²) in [7, 11) is 0. The quantitative estimate of drug-likeness (QED) is 0.198. The minimum atomic E-state index is -2.39. The van der Waals surface area contributed by atoms with E-state index in [0.717, 1.165) is 0 Å². The zero-order chi connectivity index (χ0) is 18.6. The topological polar surface area (TPSA) is 218 Å². The van der Waals surface area contributed by atoms with E-state index in [0.29, 0.717) is 0 Å². The number of rotatable bonds is 8. The van der Waals surface area contributed by atoms with E-state index in [9.17, 15) is 35.4 Å². The minimum absolute atomic E-state index is 0.766. The first kappa shape index (κ1) is 21.1. The Hall–Kier alpha value is -0.930. The monoisotopic (exact) mass is 358 g/mol. The molecule has 1 aliphatic heterocycles. The number of aliphatic hydroxyl groups excluding tert-OH is 8. The van der Waals surface area contributed by atoms with Crippen LogP contribution in [0.3, 0.4) is 0 Å². The van der Waals surface area contributed by atoms with Crippen LogP contribution in [0, 0.1) is 0 Å². The standard InChI is InChI=1S/C12H22O12/c13-1-3(15)10(7(18)8(19)11(21)22)24-12-9(20)6(17)5(16)4(2-14)23-12/h3-10,12-20H,1-2H2,(H,21,22)/t3-,4-,5-,6+,7-,8+,9-,10-,12-/m1/s1. The van der Waals surface area contributed by atoms with Gasteiger partial charge in [0.25, 0.3) is 0 Å². The summed E-state index contributed by atoms with van der Waals surface area (Å²) in [6, 6.07) is 0. The van der Waals surface area contributed by atoms with Crippen LogP contribution in [-0.4, -0.2) is 120 Å². The zero-order valence-corrected chi connectivity index (χ0v) is 12.4. The van der Waals surface area contributed by atoms with Crippen LogP contribution in [0.1, 0.15) is 0 Å². The van der Waals surface area contributed by atoms with Gasteiger partial charge in [-0.15, -0.1) is 0 Å². The van der Waals surface area contributed by atoms with Crippen LogP contribution in [-0.2, 0) is 14.3 Å². The van der Waals surface area contributed by atoms with E-state index in [1.165, 1.54) is 0 Å². The van der Waals surface area contributed by atoms with Gasteiger partial charge in [0.2, 0.25) is 0 Å². The predicted octanol–water partition coefficient (Wildman–Crippen LogP) is -5.67. The molecule has 9 atom stereocenters. The Morgan fingerprint density at radius 1 is 1.04 bits per heavy atom. The van der Waals surface area contributed by atoms with E-state index in [1.807, 2.05) is 0 Å². The molecule has 24 heavy (non-hydrogen) atoms. The molecule has 0 aliphatic carbocycles. The van der Waals surface area contributed by atoms with Gasteiger partial charge in [0.1, 0.15) is 42.7 Å². The minimum Gasteiger partial charge on any atom is -0.479 e. The summed E-state index contributed by atoms with van der Waals surface area (Å²) >= 11 is 0. The largest absolute Gasteiger partial charge is 0.479 e. The number of hydrogen-bond donors (Lipinski definition) is 9. The third-order valence-corrected chi connectivity index (χ3v) is 3.62. The maximum Gasteiger partial charge on any atom is 0.335 e. The van der Waals surface area contributed by atoms with Crippen LogP contribution >= 0.6 is 0 Å². The molecule has 1 saturated heterocycles. The summed E-state index contributed by atoms with van der Waals surface area (Å²) < 4.78 is 9.98. The van der Waals surface area contributed by atoms with E-state index in [1.54, 1.807) is 0 Å². The molecule has 0 bridgehead atoms. The van der Waals surface area contributed by atoms with Gasteiger partial charge >= 0.3 is 5.97 Å². The third-order valence-electron chi connectivity index (χ3n) is 3.62. The van der Waals surface area contributed by atoms with Gasteiger partial charge in [-0.3, -0.25) is 0 Å². The highest BCUT2D eigenvalue weighted by Gasteiger charge is 2.47. The van der Waals surface area contributed by atoms with Crippen LogP contribution in [0.15, 0.2) is 0 Å². The van der Waals surface area contributed by atoms with Crippen LogP contribution < -0.4 is 0 Å². The molecular weight excluding hydrogens is 336 g/mol. The van der Waals surface area contributed by atoms with Crippen LogP contribution in [0.5, 0.6) is 0 Å². The van der Waals surface area contributed by atoms with E-state index in [4.69, 9.17) is 24.8 Å². The zero-order valence-electron chi connectivity index (χ0n) is 12.4. The van der Waals surface area contributed by atoms with Crippen LogP contribution in [0.2, 0.25) is 0 Å². The molecule has 0 saturated carbocycles. The summed E-state index contributed by atoms with van der Waals surface area (Å²) in [5, 5.41) is 84.5. The molecule has 12 heteroatoms. The number of hydrogen-bond acceptors (Lipinski definition) is 11. The van der Waals surface area contributed by atoms with Gasteiger partial charge in [0, 0.05) is 0 Å². The van der Waals surface area contributed by atoms with E-state index in [2.05, 4.69) is 0 Å². The first-order valence-corrected chi connectivity index (χ1v) is 6.99. The number of carboxylic acids is 1. The first-order chi connectivity index (χ1) is 11.1. The molecule has 142 valence electrons. The number of carboxylic acid groups (broad SMARTS) is 1. The second-order valence-electron chi connectivity index (χ2n) is 5.32. The van der Waals surface area contributed by atoms with Crippen LogP contribution in [0.4, 0.5) is 0 Å². The molecule has 0 aromatic carbocycles. The molecule has 0 aromatic heterocycles. The van der Waals surface area contributed by atoms with Crippen molar-refractivity contribution in [2.75, 3.05) is 13.2 Å². The molecule has 1 fully saturated rings. The van der Waals surface area contributed by atoms with Crippen molar-refractivity contribution in [1.82, 2.24) is 0 Å². The number of carbonyl (C=O) groups is 1. The first-order valence-electron chi connectivity index (χ1n) is 6.99. The molecule has 0 spiro atoms. The van der Waals surface area contributed by atoms with Crippen molar-refractivity contribution in [2.24, 2.45) is 0 Å². The normalized spacial score (nSPS) is 35.9. The molecule has 1 heterocycles. The van der Waals surface area contributed by atoms with E-state index < -0.39 is 74.3 Å². The summed E-state index contributed by atoms with van der Waals surface area (Å²) in [5.74, 6) is -1.84. The maximum absolute atomic E-state index is 10.7. The predicted molar refractivity (Wildman–Crippen MR) is 71.4 cm³/mol. The van der Waals surface area contributed by atoms with Gasteiger partial charge in [-0.05, 0) is 0 Å². The highest BCUT2D eigenvalue weighted by atomic mass is 16.7. The van der Waals surface area contributed by atoms with Crippen molar-refractivity contribution in [2.45, 2.75) is 55.1 Å². The lowest BCUT2D eigenvalue weighted by molar-refractivity contribution is -0.326. The lowest BCUT2D eigenvalue weighted by atomic mass is 9.98. The van der Waals surface area contributed by atoms with Gasteiger partial charge in [0.15, 0.2) is 12.4 Å². The Labute approximate surface area is 135 Å². The van der Waals surface area contributed by atoms with Crippen molar-refractivity contribution >= 4 is 5.97 Å². The molecule has 1 rings (SSSR count). The van der Waals surface area contributed by atoms with Crippen molar-refractivity contribution in [3.8, 4) is 0 Å². The molecule has 9 N–H and O–H groups in total. The Morgan fingerprint density at radius 3 is 2.08 bits per heavy atom. The van der Waals surface area contributed by atoms with Crippen molar-refractivity contribution < 1.29 is 60.2 Å². The molecular formula is C12H22O12. The Kier molecular flexibility index (Phi) is 7.88. The highest BCUT2D eigenvalue weighted by Crippen LogP contribution is 2.24. The molecule has 0 unspecified atom stereocenters. The summed E-state index contributed by atoms with van der Waals surface area (Å²) in [5.41, 5.74) is 0. The number of aliphatic hydroxyl groups is 8. The number of aliphatic carboxylic acids is 1. The Balaban J connectivity index is 2.94. The SMILES string of the molecule is O=C(O)[C@@H](O)[C@@H](O)[C@H](O[C@H]1O[C@H](CO)[C@@H](O)[C@H](O)[C@H]1O)[C@H](O)CO. The van der Waals surface area contributed by atoms with Crippen molar-refractivity contribution in [1.29, 1.82) is 0 Å². The van der Waals surface area contributed by atoms with Crippen LogP contribution in [0.25, 0.3) is 0 Å². The Morgan fingerprint density at radius 2 is 1.62 bits per heavy atom. The second kappa shape index (κ2) is 8.96. The van der Waals surface area contributed by atoms with Gasteiger partial charge < -0.3 is 55.4 Å². The molecule has 12 nitrogen and oxygen atoms in total. The van der Waals surface area contributed by atoms with E-state index >= 15 is 0 Å². The molecule has 0 radical (unpaired) electrons. The van der Waals surface area contributed by atoms with Gasteiger partial charge in [-0.1, -0.05) is 0 Å².